The van der Waals surface area contributed by atoms with Crippen molar-refractivity contribution in [3.8, 4) is 0 Å². The van der Waals surface area contributed by atoms with Gasteiger partial charge in [-0.2, -0.15) is 0 Å². The Morgan fingerprint density at radius 3 is 2.42 bits per heavy atom. The zero-order valence-electron chi connectivity index (χ0n) is 7.72. The molecule has 0 aliphatic rings. The summed E-state index contributed by atoms with van der Waals surface area (Å²) < 4.78 is 4.33. The van der Waals surface area contributed by atoms with Gasteiger partial charge >= 0.3 is 6.09 Å². The van der Waals surface area contributed by atoms with E-state index >= 15 is 0 Å². The topological polar surface area (TPSA) is 55.4 Å². The molecule has 0 aromatic carbocycles. The molecule has 12 heavy (non-hydrogen) atoms. The second-order valence-electron chi connectivity index (χ2n) is 2.79. The Balaban J connectivity index is 3.44. The number of carbonyl (C=O) groups is 2. The highest BCUT2D eigenvalue weighted by molar-refractivity contribution is 5.80. The zero-order chi connectivity index (χ0) is 9.56. The van der Waals surface area contributed by atoms with Gasteiger partial charge in [-0.15, -0.1) is 0 Å². The normalized spacial score (nSPS) is 9.67. The van der Waals surface area contributed by atoms with Crippen LogP contribution in [0.3, 0.4) is 0 Å². The van der Waals surface area contributed by atoms with Crippen LogP contribution >= 0.6 is 0 Å². The van der Waals surface area contributed by atoms with Crippen LogP contribution in [-0.4, -0.2) is 25.5 Å². The van der Waals surface area contributed by atoms with Crippen molar-refractivity contribution in [2.24, 2.45) is 5.92 Å². The number of hydrogen-bond acceptors (Lipinski definition) is 3. The lowest BCUT2D eigenvalue weighted by molar-refractivity contribution is -0.121. The summed E-state index contributed by atoms with van der Waals surface area (Å²) in [4.78, 5) is 21.5. The summed E-state index contributed by atoms with van der Waals surface area (Å²) in [6, 6.07) is 0. The molecule has 4 heteroatoms. The molecule has 0 atom stereocenters. The van der Waals surface area contributed by atoms with E-state index in [1.165, 1.54) is 7.11 Å². The second-order valence-corrected chi connectivity index (χ2v) is 2.79. The van der Waals surface area contributed by atoms with Crippen LogP contribution < -0.4 is 5.32 Å². The molecule has 70 valence electrons. The van der Waals surface area contributed by atoms with Crippen LogP contribution in [0.25, 0.3) is 0 Å². The summed E-state index contributed by atoms with van der Waals surface area (Å²) in [6.07, 6.45) is -0.126. The number of hydrogen-bond donors (Lipinski definition) is 1. The highest BCUT2D eigenvalue weighted by atomic mass is 16.5. The first-order chi connectivity index (χ1) is 5.57. The fourth-order valence-electron chi connectivity index (χ4n) is 0.649. The SMILES string of the molecule is COC(=O)NCCC(=O)C(C)C. The third-order valence-corrected chi connectivity index (χ3v) is 1.47. The molecule has 0 radical (unpaired) electrons. The standard InChI is InChI=1S/C8H15NO3/c1-6(2)7(10)4-5-9-8(11)12-3/h6H,4-5H2,1-3H3,(H,9,11). The van der Waals surface area contributed by atoms with Gasteiger partial charge in [0, 0.05) is 18.9 Å². The molecule has 0 saturated heterocycles. The van der Waals surface area contributed by atoms with Crippen molar-refractivity contribution in [1.29, 1.82) is 0 Å². The minimum Gasteiger partial charge on any atom is -0.453 e. The van der Waals surface area contributed by atoms with Crippen LogP contribution in [0.15, 0.2) is 0 Å². The maximum absolute atomic E-state index is 11.0. The predicted molar refractivity (Wildman–Crippen MR) is 44.9 cm³/mol. The van der Waals surface area contributed by atoms with Crippen molar-refractivity contribution in [2.75, 3.05) is 13.7 Å². The largest absolute Gasteiger partial charge is 0.453 e. The summed E-state index contributed by atoms with van der Waals surface area (Å²) in [7, 11) is 1.29. The van der Waals surface area contributed by atoms with Crippen molar-refractivity contribution in [1.82, 2.24) is 5.32 Å². The van der Waals surface area contributed by atoms with Crippen LogP contribution in [0.2, 0.25) is 0 Å². The fourth-order valence-corrected chi connectivity index (χ4v) is 0.649. The number of Topliss-reactive ketones (excluding diaryl/α,β-unsaturated/α-hetero) is 1. The summed E-state index contributed by atoms with van der Waals surface area (Å²) in [5.41, 5.74) is 0. The van der Waals surface area contributed by atoms with Gasteiger partial charge in [-0.3, -0.25) is 4.79 Å². The average Bonchev–Trinajstić information content (AvgIpc) is 2.03. The van der Waals surface area contributed by atoms with Gasteiger partial charge < -0.3 is 10.1 Å². The maximum Gasteiger partial charge on any atom is 0.406 e. The number of ketones is 1. The van der Waals surface area contributed by atoms with Gasteiger partial charge in [0.25, 0.3) is 0 Å². The number of amides is 1. The van der Waals surface area contributed by atoms with Gasteiger partial charge in [0.2, 0.25) is 0 Å². The third kappa shape index (κ3) is 4.71. The minimum absolute atomic E-state index is 0.0319. The Morgan fingerprint density at radius 2 is 2.00 bits per heavy atom. The number of nitrogens with one attached hydrogen (secondary N) is 1. The highest BCUT2D eigenvalue weighted by Gasteiger charge is 2.07. The first-order valence-electron chi connectivity index (χ1n) is 3.92. The van der Waals surface area contributed by atoms with Crippen LogP contribution in [0.5, 0.6) is 0 Å². The maximum atomic E-state index is 11.0. The van der Waals surface area contributed by atoms with Gasteiger partial charge in [-0.1, -0.05) is 13.8 Å². The Kier molecular flexibility index (Phi) is 5.08. The van der Waals surface area contributed by atoms with Crippen LogP contribution in [0, 0.1) is 5.92 Å². The highest BCUT2D eigenvalue weighted by Crippen LogP contribution is 1.96. The number of alkyl carbamates (subject to hydrolysis) is 1. The molecule has 1 N–H and O–H groups in total. The van der Waals surface area contributed by atoms with Gasteiger partial charge in [0.1, 0.15) is 5.78 Å². The molecule has 0 aliphatic heterocycles. The minimum atomic E-state index is -0.494. The smallest absolute Gasteiger partial charge is 0.406 e. The Morgan fingerprint density at radius 1 is 1.42 bits per heavy atom. The van der Waals surface area contributed by atoms with E-state index in [-0.39, 0.29) is 11.7 Å². The summed E-state index contributed by atoms with van der Waals surface area (Å²) in [5.74, 6) is 0.177. The molecule has 0 aromatic rings. The van der Waals surface area contributed by atoms with Gasteiger partial charge in [0.15, 0.2) is 0 Å². The van der Waals surface area contributed by atoms with E-state index in [9.17, 15) is 9.59 Å². The van der Waals surface area contributed by atoms with Crippen LogP contribution in [0.4, 0.5) is 4.79 Å². The van der Waals surface area contributed by atoms with E-state index in [0.29, 0.717) is 13.0 Å². The predicted octanol–water partition coefficient (Wildman–Crippen LogP) is 0.958. The van der Waals surface area contributed by atoms with Crippen LogP contribution in [-0.2, 0) is 9.53 Å². The van der Waals surface area contributed by atoms with E-state index in [4.69, 9.17) is 0 Å². The van der Waals surface area contributed by atoms with Gasteiger partial charge in [-0.05, 0) is 0 Å². The Hall–Kier alpha value is -1.06. The van der Waals surface area contributed by atoms with Crippen molar-refractivity contribution in [3.63, 3.8) is 0 Å². The summed E-state index contributed by atoms with van der Waals surface area (Å²) >= 11 is 0. The fraction of sp³-hybridized carbons (Fsp3) is 0.750. The molecule has 0 aliphatic carbocycles. The lowest BCUT2D eigenvalue weighted by atomic mass is 10.1. The number of ether oxygens (including phenoxy) is 1. The van der Waals surface area contributed by atoms with Gasteiger partial charge in [0.05, 0.1) is 7.11 Å². The second kappa shape index (κ2) is 5.57. The molecule has 0 unspecified atom stereocenters. The van der Waals surface area contributed by atoms with E-state index in [0.717, 1.165) is 0 Å². The third-order valence-electron chi connectivity index (χ3n) is 1.47. The number of methoxy groups -OCH3 is 1. The zero-order valence-corrected chi connectivity index (χ0v) is 7.72. The van der Waals surface area contributed by atoms with Crippen molar-refractivity contribution < 1.29 is 14.3 Å². The Bertz CT molecular complexity index is 166. The molecule has 1 amide bonds. The first-order valence-corrected chi connectivity index (χ1v) is 3.92. The van der Waals surface area contributed by atoms with E-state index in [1.807, 2.05) is 13.8 Å². The van der Waals surface area contributed by atoms with Crippen molar-refractivity contribution in [3.05, 3.63) is 0 Å². The molecule has 4 nitrogen and oxygen atoms in total. The molecular formula is C8H15NO3. The lowest BCUT2D eigenvalue weighted by Crippen LogP contribution is -2.26. The lowest BCUT2D eigenvalue weighted by Gasteiger charge is -2.04. The van der Waals surface area contributed by atoms with Gasteiger partial charge in [-0.25, -0.2) is 4.79 Å². The molecule has 0 rings (SSSR count). The average molecular weight is 173 g/mol. The summed E-state index contributed by atoms with van der Waals surface area (Å²) in [5, 5.41) is 2.44. The van der Waals surface area contributed by atoms with E-state index in [2.05, 4.69) is 10.1 Å². The number of carbonyl (C=O) groups excluding carboxylic acids is 2. The molecule has 0 saturated carbocycles. The van der Waals surface area contributed by atoms with E-state index < -0.39 is 6.09 Å². The molecule has 0 heterocycles. The van der Waals surface area contributed by atoms with E-state index in [1.54, 1.807) is 0 Å². The molecule has 0 aromatic heterocycles. The molecular weight excluding hydrogens is 158 g/mol. The van der Waals surface area contributed by atoms with Crippen molar-refractivity contribution in [2.45, 2.75) is 20.3 Å². The molecule has 0 fully saturated rings. The molecule has 0 bridgehead atoms. The quantitative estimate of drug-likeness (QED) is 0.688. The summed E-state index contributed by atoms with van der Waals surface area (Å²) in [6.45, 7) is 4.02. The van der Waals surface area contributed by atoms with Crippen LogP contribution in [0.1, 0.15) is 20.3 Å². The monoisotopic (exact) mass is 173 g/mol. The number of rotatable bonds is 4. The Labute approximate surface area is 72.3 Å². The molecule has 0 spiro atoms. The van der Waals surface area contributed by atoms with Crippen molar-refractivity contribution >= 4 is 11.9 Å². The first kappa shape index (κ1) is 10.9.